The normalized spacial score (nSPS) is 17.6. The van der Waals surface area contributed by atoms with E-state index >= 15 is 0 Å². The highest BCUT2D eigenvalue weighted by molar-refractivity contribution is 6.06. The van der Waals surface area contributed by atoms with Crippen LogP contribution in [0.5, 0.6) is 5.75 Å². The second kappa shape index (κ2) is 7.89. The molecule has 1 spiro atoms. The molecule has 0 aliphatic carbocycles. The molecule has 2 aliphatic rings. The van der Waals surface area contributed by atoms with Crippen LogP contribution in [-0.4, -0.2) is 71.0 Å². The molecule has 1 N–H and O–H groups in total. The van der Waals surface area contributed by atoms with E-state index in [0.717, 1.165) is 27.8 Å². The summed E-state index contributed by atoms with van der Waals surface area (Å²) in [4.78, 5) is 34.7. The monoisotopic (exact) mass is 432 g/mol. The second-order valence-electron chi connectivity index (χ2n) is 8.96. The number of aromatic amines is 1. The van der Waals surface area contributed by atoms with Crippen LogP contribution in [0.15, 0.2) is 54.7 Å². The first-order valence-corrected chi connectivity index (χ1v) is 11.0. The summed E-state index contributed by atoms with van der Waals surface area (Å²) in [6, 6.07) is 15.6. The van der Waals surface area contributed by atoms with Crippen molar-refractivity contribution >= 4 is 22.8 Å². The number of fused-ring (bicyclic) bond motifs is 2. The number of benzene rings is 2. The predicted octanol–water partition coefficient (Wildman–Crippen LogP) is 3.72. The average Bonchev–Trinajstić information content (AvgIpc) is 3.22. The van der Waals surface area contributed by atoms with Crippen molar-refractivity contribution in [2.45, 2.75) is 25.0 Å². The molecule has 7 nitrogen and oxygen atoms in total. The van der Waals surface area contributed by atoms with Gasteiger partial charge in [0.1, 0.15) is 11.4 Å². The van der Waals surface area contributed by atoms with Crippen molar-refractivity contribution in [2.24, 2.45) is 0 Å². The van der Waals surface area contributed by atoms with Gasteiger partial charge in [0, 0.05) is 68.3 Å². The third kappa shape index (κ3) is 3.57. The van der Waals surface area contributed by atoms with E-state index in [4.69, 9.17) is 4.74 Å². The number of aromatic nitrogens is 1. The molecule has 1 saturated heterocycles. The number of rotatable bonds is 1. The van der Waals surface area contributed by atoms with Gasteiger partial charge in [-0.2, -0.15) is 0 Å². The Hall–Kier alpha value is -3.48. The first-order valence-electron chi connectivity index (χ1n) is 11.0. The largest absolute Gasteiger partial charge is 0.485 e. The molecule has 0 unspecified atom stereocenters. The van der Waals surface area contributed by atoms with Crippen LogP contribution in [0.2, 0.25) is 0 Å². The number of ether oxygens (including phenoxy) is 1. The number of para-hydroxylation sites is 1. The maximum atomic E-state index is 13.3. The Balaban J connectivity index is 1.39. The minimum absolute atomic E-state index is 0.0256. The summed E-state index contributed by atoms with van der Waals surface area (Å²) in [5, 5.41) is 0.945. The number of piperidine rings is 1. The quantitative estimate of drug-likeness (QED) is 0.637. The SMILES string of the molecule is CN(C)C(=O)N1Cc2ccccc2OC2(CCN(C(=O)c3cccc4[nH]ccc34)CC2)C1. The van der Waals surface area contributed by atoms with Crippen LogP contribution in [0.4, 0.5) is 4.79 Å². The number of carbonyl (C=O) groups is 2. The number of amides is 3. The smallest absolute Gasteiger partial charge is 0.319 e. The number of H-pyrrole nitrogens is 1. The zero-order chi connectivity index (χ0) is 22.3. The maximum absolute atomic E-state index is 13.3. The fraction of sp³-hybridized carbons (Fsp3) is 0.360. The van der Waals surface area contributed by atoms with Crippen molar-refractivity contribution in [1.29, 1.82) is 0 Å². The van der Waals surface area contributed by atoms with Crippen LogP contribution >= 0.6 is 0 Å². The third-order valence-electron chi connectivity index (χ3n) is 6.58. The highest BCUT2D eigenvalue weighted by Gasteiger charge is 2.43. The topological polar surface area (TPSA) is 68.9 Å². The zero-order valence-electron chi connectivity index (χ0n) is 18.5. The van der Waals surface area contributed by atoms with E-state index in [1.165, 1.54) is 0 Å². The molecule has 5 rings (SSSR count). The molecule has 7 heteroatoms. The molecule has 0 bridgehead atoms. The second-order valence-corrected chi connectivity index (χ2v) is 8.96. The van der Waals surface area contributed by atoms with Crippen LogP contribution in [-0.2, 0) is 6.54 Å². The van der Waals surface area contributed by atoms with Crippen molar-refractivity contribution in [3.05, 3.63) is 65.9 Å². The number of likely N-dealkylation sites (tertiary alicyclic amines) is 1. The molecule has 0 atom stereocenters. The van der Waals surface area contributed by atoms with Gasteiger partial charge < -0.3 is 24.4 Å². The van der Waals surface area contributed by atoms with E-state index in [9.17, 15) is 9.59 Å². The van der Waals surface area contributed by atoms with Gasteiger partial charge in [0.2, 0.25) is 0 Å². The predicted molar refractivity (Wildman–Crippen MR) is 123 cm³/mol. The zero-order valence-corrected chi connectivity index (χ0v) is 18.5. The van der Waals surface area contributed by atoms with Gasteiger partial charge in [-0.1, -0.05) is 24.3 Å². The van der Waals surface area contributed by atoms with E-state index in [1.54, 1.807) is 19.0 Å². The molecule has 2 aliphatic heterocycles. The van der Waals surface area contributed by atoms with Crippen molar-refractivity contribution in [2.75, 3.05) is 33.7 Å². The van der Waals surface area contributed by atoms with E-state index in [0.29, 0.717) is 39.0 Å². The highest BCUT2D eigenvalue weighted by atomic mass is 16.5. The molecule has 3 aromatic rings. The molecule has 166 valence electrons. The molecule has 0 saturated carbocycles. The van der Waals surface area contributed by atoms with Crippen LogP contribution in [0, 0.1) is 0 Å². The van der Waals surface area contributed by atoms with E-state index in [2.05, 4.69) is 4.98 Å². The Bertz CT molecular complexity index is 1160. The number of hydrogen-bond acceptors (Lipinski definition) is 3. The number of hydrogen-bond donors (Lipinski definition) is 1. The van der Waals surface area contributed by atoms with Crippen molar-refractivity contribution in [1.82, 2.24) is 19.7 Å². The molecule has 1 aromatic heterocycles. The number of urea groups is 1. The van der Waals surface area contributed by atoms with Crippen molar-refractivity contribution in [3.8, 4) is 5.75 Å². The summed E-state index contributed by atoms with van der Waals surface area (Å²) in [6.45, 7) is 2.21. The highest BCUT2D eigenvalue weighted by Crippen LogP contribution is 2.36. The Kier molecular flexibility index (Phi) is 5.04. The molecular weight excluding hydrogens is 404 g/mol. The van der Waals surface area contributed by atoms with Crippen LogP contribution in [0.3, 0.4) is 0 Å². The first kappa shape index (κ1) is 20.4. The Morgan fingerprint density at radius 1 is 1.00 bits per heavy atom. The molecule has 32 heavy (non-hydrogen) atoms. The summed E-state index contributed by atoms with van der Waals surface area (Å²) in [5.41, 5.74) is 2.19. The lowest BCUT2D eigenvalue weighted by atomic mass is 9.90. The summed E-state index contributed by atoms with van der Waals surface area (Å²) in [6.07, 6.45) is 3.21. The van der Waals surface area contributed by atoms with Gasteiger partial charge in [0.15, 0.2) is 0 Å². The van der Waals surface area contributed by atoms with Gasteiger partial charge in [-0.3, -0.25) is 4.79 Å². The Morgan fingerprint density at radius 3 is 2.56 bits per heavy atom. The van der Waals surface area contributed by atoms with E-state index < -0.39 is 5.60 Å². The summed E-state index contributed by atoms with van der Waals surface area (Å²) < 4.78 is 6.58. The van der Waals surface area contributed by atoms with Gasteiger partial charge in [0.25, 0.3) is 5.91 Å². The van der Waals surface area contributed by atoms with E-state index in [-0.39, 0.29) is 11.9 Å². The molecule has 3 heterocycles. The third-order valence-corrected chi connectivity index (χ3v) is 6.58. The van der Waals surface area contributed by atoms with Crippen LogP contribution in [0.25, 0.3) is 10.9 Å². The standard InChI is InChI=1S/C25H28N4O3/c1-27(2)24(31)29-16-18-6-3-4-9-22(18)32-25(17-29)11-14-28(15-12-25)23(30)20-7-5-8-21-19(20)10-13-26-21/h3-10,13,26H,11-12,14-17H2,1-2H3. The Morgan fingerprint density at radius 2 is 1.78 bits per heavy atom. The maximum Gasteiger partial charge on any atom is 0.319 e. The van der Waals surface area contributed by atoms with Gasteiger partial charge in [-0.15, -0.1) is 0 Å². The first-order chi connectivity index (χ1) is 15.5. The lowest BCUT2D eigenvalue weighted by Gasteiger charge is -2.43. The average molecular weight is 433 g/mol. The van der Waals surface area contributed by atoms with Crippen LogP contribution < -0.4 is 4.74 Å². The fourth-order valence-corrected chi connectivity index (χ4v) is 4.85. The lowest BCUT2D eigenvalue weighted by molar-refractivity contribution is -0.00945. The lowest BCUT2D eigenvalue weighted by Crippen LogP contribution is -2.56. The molecule has 1 fully saturated rings. The van der Waals surface area contributed by atoms with Gasteiger partial charge in [0.05, 0.1) is 13.1 Å². The van der Waals surface area contributed by atoms with Crippen molar-refractivity contribution in [3.63, 3.8) is 0 Å². The summed E-state index contributed by atoms with van der Waals surface area (Å²) >= 11 is 0. The van der Waals surface area contributed by atoms with Crippen LogP contribution in [0.1, 0.15) is 28.8 Å². The molecule has 0 radical (unpaired) electrons. The number of nitrogens with zero attached hydrogens (tertiary/aromatic N) is 3. The molecule has 2 aromatic carbocycles. The minimum Gasteiger partial charge on any atom is -0.485 e. The fourth-order valence-electron chi connectivity index (χ4n) is 4.85. The molecule has 3 amide bonds. The van der Waals surface area contributed by atoms with Gasteiger partial charge >= 0.3 is 6.03 Å². The molecular formula is C25H28N4O3. The van der Waals surface area contributed by atoms with E-state index in [1.807, 2.05) is 64.5 Å². The summed E-state index contributed by atoms with van der Waals surface area (Å²) in [7, 11) is 3.55. The Labute approximate surface area is 187 Å². The van der Waals surface area contributed by atoms with Crippen molar-refractivity contribution < 1.29 is 14.3 Å². The van der Waals surface area contributed by atoms with Gasteiger partial charge in [-0.25, -0.2) is 4.79 Å². The number of nitrogens with one attached hydrogen (secondary N) is 1. The number of carbonyl (C=O) groups excluding carboxylic acids is 2. The van der Waals surface area contributed by atoms with Gasteiger partial charge in [-0.05, 0) is 24.3 Å². The summed E-state index contributed by atoms with van der Waals surface area (Å²) in [5.74, 6) is 0.874. The minimum atomic E-state index is -0.505.